The van der Waals surface area contributed by atoms with Crippen molar-refractivity contribution in [1.29, 1.82) is 0 Å². The zero-order valence-electron chi connectivity index (χ0n) is 21.6. The van der Waals surface area contributed by atoms with Gasteiger partial charge in [0.05, 0.1) is 42.7 Å². The summed E-state index contributed by atoms with van der Waals surface area (Å²) in [5.74, 6) is -0.345. The Morgan fingerprint density at radius 3 is 2.50 bits per heavy atom. The number of ether oxygens (including phenoxy) is 4. The van der Waals surface area contributed by atoms with E-state index < -0.39 is 18.0 Å². The van der Waals surface area contributed by atoms with Gasteiger partial charge >= 0.3 is 11.9 Å². The van der Waals surface area contributed by atoms with Crippen LogP contribution in [0, 0.1) is 0 Å². The molecule has 1 aromatic heterocycles. The molecule has 0 N–H and O–H groups in total. The maximum Gasteiger partial charge on any atom is 0.344 e. The lowest BCUT2D eigenvalue weighted by atomic mass is 9.95. The molecule has 2 aromatic carbocycles. The molecule has 0 bridgehead atoms. The van der Waals surface area contributed by atoms with Crippen LogP contribution in [0.3, 0.4) is 0 Å². The van der Waals surface area contributed by atoms with Crippen LogP contribution in [0.2, 0.25) is 0 Å². The Kier molecular flexibility index (Phi) is 8.42. The van der Waals surface area contributed by atoms with E-state index in [4.69, 9.17) is 18.9 Å². The molecule has 1 atom stereocenters. The summed E-state index contributed by atoms with van der Waals surface area (Å²) in [6.07, 6.45) is 2.16. The number of carbonyl (C=O) groups excluding carboxylic acids is 2. The van der Waals surface area contributed by atoms with Crippen LogP contribution in [0.25, 0.3) is 6.08 Å². The summed E-state index contributed by atoms with van der Waals surface area (Å²) in [6, 6.07) is 13.8. The number of thiazole rings is 1. The van der Waals surface area contributed by atoms with Crippen molar-refractivity contribution in [3.8, 4) is 11.5 Å². The van der Waals surface area contributed by atoms with Crippen LogP contribution < -0.4 is 24.4 Å². The molecule has 3 aromatic rings. The topological polar surface area (TPSA) is 105 Å². The summed E-state index contributed by atoms with van der Waals surface area (Å²) < 4.78 is 23.1. The number of para-hydroxylation sites is 1. The van der Waals surface area contributed by atoms with Crippen molar-refractivity contribution in [2.24, 2.45) is 4.99 Å². The van der Waals surface area contributed by atoms with Gasteiger partial charge in [-0.3, -0.25) is 9.36 Å². The molecule has 0 radical (unpaired) electrons. The van der Waals surface area contributed by atoms with Crippen molar-refractivity contribution in [3.63, 3.8) is 0 Å². The summed E-state index contributed by atoms with van der Waals surface area (Å²) in [5, 5.41) is 0. The number of hydrogen-bond donors (Lipinski definition) is 0. The maximum absolute atomic E-state index is 13.8. The molecule has 4 rings (SSSR count). The molecule has 0 unspecified atom stereocenters. The number of methoxy groups -OCH3 is 2. The van der Waals surface area contributed by atoms with Crippen LogP contribution in [0.15, 0.2) is 69.6 Å². The molecule has 0 spiro atoms. The first-order valence-corrected chi connectivity index (χ1v) is 12.9. The lowest BCUT2D eigenvalue weighted by Gasteiger charge is -2.25. The molecule has 10 heteroatoms. The van der Waals surface area contributed by atoms with Gasteiger partial charge in [0.15, 0.2) is 22.9 Å². The lowest BCUT2D eigenvalue weighted by Crippen LogP contribution is -2.40. The Hall–Kier alpha value is -4.18. The summed E-state index contributed by atoms with van der Waals surface area (Å²) >= 11 is 1.20. The molecule has 0 amide bonds. The molecule has 198 valence electrons. The highest BCUT2D eigenvalue weighted by Gasteiger charge is 2.33. The predicted octanol–water partition coefficient (Wildman–Crippen LogP) is 2.75. The van der Waals surface area contributed by atoms with E-state index in [-0.39, 0.29) is 18.8 Å². The second kappa shape index (κ2) is 11.9. The molecule has 0 saturated carbocycles. The summed E-state index contributed by atoms with van der Waals surface area (Å²) in [4.78, 5) is 43.8. The number of carbonyl (C=O) groups is 2. The van der Waals surface area contributed by atoms with Gasteiger partial charge in [0, 0.05) is 5.56 Å². The van der Waals surface area contributed by atoms with E-state index in [1.807, 2.05) is 37.3 Å². The molecular weight excluding hydrogens is 508 g/mol. The second-order valence-electron chi connectivity index (χ2n) is 8.17. The third-order valence-corrected chi connectivity index (χ3v) is 6.90. The first-order valence-electron chi connectivity index (χ1n) is 12.1. The standard InChI is InChI=1S/C28H28N2O7S/c1-5-19-23(27(33)35-4)24(17-11-8-7-9-12-17)30-26(32)21(38-28(30)29-19)15-18-13-10-14-20(34-3)25(18)37-16-22(31)36-6-2/h7-15,24H,5-6,16H2,1-4H3/b21-15+/t24-/m0/s1. The van der Waals surface area contributed by atoms with E-state index in [0.29, 0.717) is 44.1 Å². The molecule has 9 nitrogen and oxygen atoms in total. The van der Waals surface area contributed by atoms with Gasteiger partial charge < -0.3 is 18.9 Å². The van der Waals surface area contributed by atoms with Crippen molar-refractivity contribution < 1.29 is 28.5 Å². The van der Waals surface area contributed by atoms with Gasteiger partial charge in [0.25, 0.3) is 5.56 Å². The van der Waals surface area contributed by atoms with Gasteiger partial charge in [-0.25, -0.2) is 14.6 Å². The molecule has 0 aliphatic carbocycles. The Bertz CT molecular complexity index is 1550. The van der Waals surface area contributed by atoms with Crippen LogP contribution in [0.5, 0.6) is 11.5 Å². The Morgan fingerprint density at radius 1 is 1.08 bits per heavy atom. The summed E-state index contributed by atoms with van der Waals surface area (Å²) in [7, 11) is 2.81. The fourth-order valence-corrected chi connectivity index (χ4v) is 5.26. The van der Waals surface area contributed by atoms with Crippen molar-refractivity contribution in [3.05, 3.63) is 90.6 Å². The maximum atomic E-state index is 13.8. The highest BCUT2D eigenvalue weighted by atomic mass is 32.1. The van der Waals surface area contributed by atoms with Gasteiger partial charge in [-0.2, -0.15) is 0 Å². The van der Waals surface area contributed by atoms with Gasteiger partial charge in [-0.15, -0.1) is 0 Å². The number of fused-ring (bicyclic) bond motifs is 1. The average molecular weight is 537 g/mol. The Morgan fingerprint density at radius 2 is 1.84 bits per heavy atom. The molecule has 38 heavy (non-hydrogen) atoms. The quantitative estimate of drug-likeness (QED) is 0.387. The summed E-state index contributed by atoms with van der Waals surface area (Å²) in [5.41, 5.74) is 1.89. The van der Waals surface area contributed by atoms with Crippen LogP contribution in [-0.4, -0.2) is 43.9 Å². The predicted molar refractivity (Wildman–Crippen MR) is 142 cm³/mol. The van der Waals surface area contributed by atoms with E-state index in [1.54, 1.807) is 31.2 Å². The zero-order valence-corrected chi connectivity index (χ0v) is 22.4. The van der Waals surface area contributed by atoms with Crippen LogP contribution in [0.4, 0.5) is 0 Å². The third-order valence-electron chi connectivity index (χ3n) is 5.92. The number of rotatable bonds is 9. The molecule has 1 aliphatic rings. The van der Waals surface area contributed by atoms with Crippen LogP contribution in [0.1, 0.15) is 37.4 Å². The molecular formula is C28H28N2O7S. The van der Waals surface area contributed by atoms with Gasteiger partial charge in [0.1, 0.15) is 0 Å². The van der Waals surface area contributed by atoms with E-state index in [9.17, 15) is 14.4 Å². The van der Waals surface area contributed by atoms with E-state index >= 15 is 0 Å². The number of allylic oxidation sites excluding steroid dienone is 1. The highest BCUT2D eigenvalue weighted by molar-refractivity contribution is 7.07. The highest BCUT2D eigenvalue weighted by Crippen LogP contribution is 2.33. The molecule has 0 fully saturated rings. The smallest absolute Gasteiger partial charge is 0.344 e. The minimum absolute atomic E-state index is 0.234. The van der Waals surface area contributed by atoms with Crippen LogP contribution >= 0.6 is 11.3 Å². The minimum Gasteiger partial charge on any atom is -0.493 e. The van der Waals surface area contributed by atoms with Crippen molar-refractivity contribution >= 4 is 29.4 Å². The fraction of sp³-hybridized carbons (Fsp3) is 0.286. The number of esters is 2. The van der Waals surface area contributed by atoms with Crippen molar-refractivity contribution in [1.82, 2.24) is 4.57 Å². The number of aromatic nitrogens is 1. The first kappa shape index (κ1) is 26.9. The van der Waals surface area contributed by atoms with Gasteiger partial charge in [-0.1, -0.05) is 60.7 Å². The zero-order chi connectivity index (χ0) is 27.2. The van der Waals surface area contributed by atoms with E-state index in [0.717, 1.165) is 5.56 Å². The number of hydrogen-bond acceptors (Lipinski definition) is 9. The fourth-order valence-electron chi connectivity index (χ4n) is 4.25. The number of benzene rings is 2. The minimum atomic E-state index is -0.693. The normalized spacial score (nSPS) is 14.9. The largest absolute Gasteiger partial charge is 0.493 e. The first-order chi connectivity index (χ1) is 18.4. The Labute approximate surface area is 223 Å². The second-order valence-corrected chi connectivity index (χ2v) is 9.18. The van der Waals surface area contributed by atoms with Crippen molar-refractivity contribution in [2.75, 3.05) is 27.4 Å². The van der Waals surface area contributed by atoms with E-state index in [1.165, 1.54) is 30.1 Å². The molecule has 2 heterocycles. The Balaban J connectivity index is 1.90. The molecule has 1 aliphatic heterocycles. The van der Waals surface area contributed by atoms with E-state index in [2.05, 4.69) is 4.99 Å². The summed E-state index contributed by atoms with van der Waals surface area (Å²) in [6.45, 7) is 3.54. The third kappa shape index (κ3) is 5.26. The monoisotopic (exact) mass is 536 g/mol. The van der Waals surface area contributed by atoms with Crippen LogP contribution in [-0.2, 0) is 19.1 Å². The van der Waals surface area contributed by atoms with Gasteiger partial charge in [-0.05, 0) is 31.1 Å². The SMILES string of the molecule is CCOC(=O)COc1c(/C=c2/sc3n(c2=O)[C@@H](c2ccccc2)C(C(=O)OC)=C(CC)N=3)cccc1OC. The molecule has 0 saturated heterocycles. The lowest BCUT2D eigenvalue weighted by molar-refractivity contribution is -0.145. The van der Waals surface area contributed by atoms with Gasteiger partial charge in [0.2, 0.25) is 0 Å². The average Bonchev–Trinajstić information content (AvgIpc) is 3.25. The van der Waals surface area contributed by atoms with Crippen molar-refractivity contribution in [2.45, 2.75) is 26.3 Å². The number of nitrogens with zero attached hydrogens (tertiary/aromatic N) is 2.